The first-order valence-electron chi connectivity index (χ1n) is 26.5. The summed E-state index contributed by atoms with van der Waals surface area (Å²) in [5.74, 6) is 1.02. The zero-order chi connectivity index (χ0) is 55.8. The molecule has 6 aromatic heterocycles. The fraction of sp³-hybridized carbons (Fsp3) is 0. The minimum Gasteiger partial charge on any atom is -0.305 e. The maximum atomic E-state index is 10.5. The second-order valence-corrected chi connectivity index (χ2v) is 21.7. The van der Waals surface area contributed by atoms with E-state index in [4.69, 9.17) is 4.98 Å². The second-order valence-electron chi connectivity index (χ2n) is 20.6. The van der Waals surface area contributed by atoms with Crippen LogP contribution in [0.15, 0.2) is 200 Å². The smallest absolute Gasteiger partial charge is 0.165 e. The molecule has 10 aromatic carbocycles. The van der Waals surface area contributed by atoms with Gasteiger partial charge in [0.25, 0.3) is 0 Å². The van der Waals surface area contributed by atoms with Crippen LogP contribution in [-0.2, 0) is 0 Å². The molecule has 0 unspecified atom stereocenters. The largest absolute Gasteiger partial charge is 0.305 e. The van der Waals surface area contributed by atoms with Gasteiger partial charge in [0, 0.05) is 68.8 Å². The molecule has 0 bridgehead atoms. The molecule has 0 spiro atoms. The van der Waals surface area contributed by atoms with E-state index in [1.807, 2.05) is 121 Å². The van der Waals surface area contributed by atoms with Crippen molar-refractivity contribution in [3.63, 3.8) is 0 Å². The number of para-hydroxylation sites is 2. The molecule has 0 saturated heterocycles. The van der Waals surface area contributed by atoms with E-state index >= 15 is 0 Å². The molecule has 16 rings (SSSR count). The topological polar surface area (TPSA) is 175 Å². The van der Waals surface area contributed by atoms with E-state index in [0.717, 1.165) is 119 Å². The summed E-state index contributed by atoms with van der Waals surface area (Å²) in [7, 11) is 0. The Morgan fingerprint density at radius 2 is 0.590 bits per heavy atom. The third kappa shape index (κ3) is 6.62. The first kappa shape index (κ1) is 46.8. The van der Waals surface area contributed by atoms with Crippen LogP contribution in [0.25, 0.3) is 142 Å². The Hall–Kier alpha value is -12.3. The van der Waals surface area contributed by atoms with Crippen LogP contribution < -0.4 is 0 Å². The molecule has 378 valence electrons. The average molecular weight is 1070 g/mol. The van der Waals surface area contributed by atoms with Crippen LogP contribution >= 0.6 is 11.3 Å². The standard InChI is InChI=1S/C71H33N11S/c72-34-40-13-21-59-51(27-40)52-28-41(35-73)14-22-60(52)79(59)68-67(46-19-20-50-49-9-3-6-12-65(49)83-66(50)33-46)69(80-61-23-15-42(36-74)29-53(61)54-30-43(37-75)16-24-62(54)80)71(78-70(68)81-57-10-4-1-7-47(57)48-8-2-5-11-58(48)81)82-63-25-17-44(38-76)31-55(63)56-32-45(39-77)18-26-64(56)82/h1-33H. The second kappa shape index (κ2) is 17.6. The minimum atomic E-state index is 0.442. The van der Waals surface area contributed by atoms with Gasteiger partial charge >= 0.3 is 0 Å². The lowest BCUT2D eigenvalue weighted by Gasteiger charge is -2.27. The van der Waals surface area contributed by atoms with Crippen LogP contribution in [0.2, 0.25) is 0 Å². The van der Waals surface area contributed by atoms with Crippen molar-refractivity contribution in [1.29, 1.82) is 31.6 Å². The number of nitrogens with zero attached hydrogens (tertiary/aromatic N) is 11. The third-order valence-corrected chi connectivity index (χ3v) is 17.4. The number of hydrogen-bond donors (Lipinski definition) is 0. The van der Waals surface area contributed by atoms with E-state index in [1.54, 1.807) is 23.5 Å². The van der Waals surface area contributed by atoms with Gasteiger partial charge in [-0.25, -0.2) is 4.98 Å². The Kier molecular flexibility index (Phi) is 9.92. The Morgan fingerprint density at radius 3 is 0.964 bits per heavy atom. The van der Waals surface area contributed by atoms with Crippen molar-refractivity contribution < 1.29 is 0 Å². The molecule has 0 amide bonds. The number of benzene rings is 10. The van der Waals surface area contributed by atoms with Gasteiger partial charge in [-0.15, -0.1) is 11.3 Å². The number of fused-ring (bicyclic) bond motifs is 15. The summed E-state index contributed by atoms with van der Waals surface area (Å²) in [5.41, 5.74) is 11.7. The molecule has 12 heteroatoms. The predicted molar refractivity (Wildman–Crippen MR) is 328 cm³/mol. The predicted octanol–water partition coefficient (Wildman–Crippen LogP) is 16.7. The molecular weight excluding hydrogens is 1040 g/mol. The normalized spacial score (nSPS) is 11.5. The molecule has 0 fully saturated rings. The quantitative estimate of drug-likeness (QED) is 0.165. The first-order valence-corrected chi connectivity index (χ1v) is 27.3. The lowest BCUT2D eigenvalue weighted by Crippen LogP contribution is -2.16. The molecule has 83 heavy (non-hydrogen) atoms. The monoisotopic (exact) mass is 1070 g/mol. The van der Waals surface area contributed by atoms with Crippen LogP contribution in [0.4, 0.5) is 0 Å². The molecular formula is C71H33N11S. The summed E-state index contributed by atoms with van der Waals surface area (Å²) in [6.07, 6.45) is 0. The van der Waals surface area contributed by atoms with Gasteiger partial charge in [-0.05, 0) is 139 Å². The summed E-state index contributed by atoms with van der Waals surface area (Å²) in [6.45, 7) is 0. The van der Waals surface area contributed by atoms with Gasteiger partial charge in [-0.3, -0.25) is 9.13 Å². The summed E-state index contributed by atoms with van der Waals surface area (Å²) in [5, 5.41) is 71.7. The van der Waals surface area contributed by atoms with E-state index in [1.165, 1.54) is 0 Å². The van der Waals surface area contributed by atoms with E-state index in [9.17, 15) is 31.6 Å². The molecule has 0 aliphatic carbocycles. The average Bonchev–Trinajstić information content (AvgIpc) is 3.08. The maximum absolute atomic E-state index is 10.5. The van der Waals surface area contributed by atoms with Crippen LogP contribution in [0, 0.1) is 68.0 Å². The molecule has 6 heterocycles. The number of thiophene rings is 1. The van der Waals surface area contributed by atoms with Crippen LogP contribution in [0.3, 0.4) is 0 Å². The van der Waals surface area contributed by atoms with Crippen molar-refractivity contribution in [2.24, 2.45) is 0 Å². The Morgan fingerprint density at radius 1 is 0.277 bits per heavy atom. The van der Waals surface area contributed by atoms with E-state index < -0.39 is 0 Å². The van der Waals surface area contributed by atoms with Gasteiger partial charge in [-0.2, -0.15) is 31.6 Å². The Bertz CT molecular complexity index is 5650. The SMILES string of the molecule is N#Cc1ccc2c(c1)c1cc(C#N)ccc1n2-c1nc(-n2c3ccccc3c3ccccc32)c(-n2c3ccc(C#N)cc3c3cc(C#N)ccc32)c(-c2ccc3c(c2)sc2ccccc23)c1-n1c2ccc(C#N)cc2c2cc(C#N)ccc21. The zero-order valence-corrected chi connectivity index (χ0v) is 44.2. The van der Waals surface area contributed by atoms with Gasteiger partial charge in [0.2, 0.25) is 0 Å². The summed E-state index contributed by atoms with van der Waals surface area (Å²) in [6, 6.07) is 79.8. The fourth-order valence-electron chi connectivity index (χ4n) is 12.8. The van der Waals surface area contributed by atoms with E-state index in [-0.39, 0.29) is 0 Å². The highest BCUT2D eigenvalue weighted by molar-refractivity contribution is 7.25. The number of pyridine rings is 1. The molecule has 0 aliphatic heterocycles. The van der Waals surface area contributed by atoms with Gasteiger partial charge < -0.3 is 9.13 Å². The third-order valence-electron chi connectivity index (χ3n) is 16.3. The molecule has 0 atom stereocenters. The van der Waals surface area contributed by atoms with Crippen LogP contribution in [0.1, 0.15) is 33.4 Å². The number of hydrogen-bond acceptors (Lipinski definition) is 8. The highest BCUT2D eigenvalue weighted by Crippen LogP contribution is 2.50. The summed E-state index contributed by atoms with van der Waals surface area (Å²) in [4.78, 5) is 6.25. The summed E-state index contributed by atoms with van der Waals surface area (Å²) < 4.78 is 11.0. The lowest BCUT2D eigenvalue weighted by molar-refractivity contribution is 0.961. The van der Waals surface area contributed by atoms with Crippen molar-refractivity contribution >= 4 is 119 Å². The zero-order valence-electron chi connectivity index (χ0n) is 43.4. The van der Waals surface area contributed by atoms with Gasteiger partial charge in [-0.1, -0.05) is 66.7 Å². The van der Waals surface area contributed by atoms with Gasteiger partial charge in [0.15, 0.2) is 11.6 Å². The Balaban J connectivity index is 1.24. The number of rotatable bonds is 5. The Labute approximate surface area is 475 Å². The number of aromatic nitrogens is 5. The lowest BCUT2D eigenvalue weighted by atomic mass is 9.99. The molecule has 0 saturated carbocycles. The van der Waals surface area contributed by atoms with Gasteiger partial charge in [0.05, 0.1) is 114 Å². The highest BCUT2D eigenvalue weighted by Gasteiger charge is 2.33. The highest BCUT2D eigenvalue weighted by atomic mass is 32.1. The number of nitriles is 6. The summed E-state index contributed by atoms with van der Waals surface area (Å²) >= 11 is 1.71. The van der Waals surface area contributed by atoms with Gasteiger partial charge in [0.1, 0.15) is 11.4 Å². The fourth-order valence-corrected chi connectivity index (χ4v) is 13.9. The minimum absolute atomic E-state index is 0.442. The van der Waals surface area contributed by atoms with E-state index in [2.05, 4.69) is 121 Å². The molecule has 11 nitrogen and oxygen atoms in total. The van der Waals surface area contributed by atoms with Crippen LogP contribution in [0.5, 0.6) is 0 Å². The van der Waals surface area contributed by atoms with Crippen molar-refractivity contribution in [3.05, 3.63) is 234 Å². The van der Waals surface area contributed by atoms with Crippen molar-refractivity contribution in [3.8, 4) is 70.6 Å². The molecule has 0 radical (unpaired) electrons. The molecule has 0 aliphatic rings. The van der Waals surface area contributed by atoms with Crippen molar-refractivity contribution in [2.75, 3.05) is 0 Å². The van der Waals surface area contributed by atoms with Crippen LogP contribution in [-0.4, -0.2) is 23.3 Å². The van der Waals surface area contributed by atoms with Crippen molar-refractivity contribution in [1.82, 2.24) is 23.3 Å². The first-order chi connectivity index (χ1) is 40.9. The maximum Gasteiger partial charge on any atom is 0.165 e. The molecule has 16 aromatic rings. The van der Waals surface area contributed by atoms with E-state index in [0.29, 0.717) is 56.4 Å². The van der Waals surface area contributed by atoms with Crippen molar-refractivity contribution in [2.45, 2.75) is 0 Å². The molecule has 0 N–H and O–H groups in total.